The van der Waals surface area contributed by atoms with Crippen LogP contribution in [0.3, 0.4) is 0 Å². The maximum Gasteiger partial charge on any atom is 0.263 e. The highest BCUT2D eigenvalue weighted by Gasteiger charge is 2.35. The summed E-state index contributed by atoms with van der Waals surface area (Å²) in [5.41, 5.74) is 1.09. The van der Waals surface area contributed by atoms with E-state index >= 15 is 0 Å². The second-order valence-electron chi connectivity index (χ2n) is 7.23. The van der Waals surface area contributed by atoms with Crippen LogP contribution in [0.2, 0.25) is 0 Å². The molecule has 2 atom stereocenters. The average Bonchev–Trinajstić information content (AvgIpc) is 2.98. The molecule has 1 amide bonds. The molecule has 1 aromatic rings. The molecule has 0 aromatic carbocycles. The van der Waals surface area contributed by atoms with Crippen LogP contribution in [0, 0.1) is 11.8 Å². The number of nitrogens with zero attached hydrogens (tertiary/aromatic N) is 2. The van der Waals surface area contributed by atoms with Crippen LogP contribution in [0.5, 0.6) is 0 Å². The second-order valence-corrected chi connectivity index (χ2v) is 7.23. The number of carbonyl (C=O) groups excluding carboxylic acids is 1. The first kappa shape index (κ1) is 22.4. The summed E-state index contributed by atoms with van der Waals surface area (Å²) < 4.78 is 0. The lowest BCUT2D eigenvalue weighted by atomic mass is 9.91. The zero-order valence-electron chi connectivity index (χ0n) is 16.1. The predicted molar refractivity (Wildman–Crippen MR) is 107 cm³/mol. The van der Waals surface area contributed by atoms with E-state index in [-0.39, 0.29) is 29.9 Å². The van der Waals surface area contributed by atoms with Crippen LogP contribution in [0.25, 0.3) is 0 Å². The summed E-state index contributed by atoms with van der Waals surface area (Å²) in [5, 5.41) is 3.05. The lowest BCUT2D eigenvalue weighted by molar-refractivity contribution is 0.0923. The van der Waals surface area contributed by atoms with Crippen molar-refractivity contribution >= 4 is 18.3 Å². The molecule has 0 aliphatic carbocycles. The molecule has 2 N–H and O–H groups in total. The van der Waals surface area contributed by atoms with E-state index in [1.165, 1.54) is 18.1 Å². The van der Waals surface area contributed by atoms with Gasteiger partial charge >= 0.3 is 0 Å². The Kier molecular flexibility index (Phi) is 9.02. The number of nitrogens with one attached hydrogen (secondary N) is 2. The number of allylic oxidation sites excluding steroid dienone is 1. The number of rotatable bonds is 7. The van der Waals surface area contributed by atoms with Gasteiger partial charge in [0.05, 0.1) is 6.33 Å². The maximum absolute atomic E-state index is 12.4. The van der Waals surface area contributed by atoms with Crippen molar-refractivity contribution in [3.8, 4) is 0 Å². The minimum atomic E-state index is -0.399. The molecule has 146 valence electrons. The predicted octanol–water partition coefficient (Wildman–Crippen LogP) is 2.62. The SMILES string of the molecule is CC/C(C)=C/CCN1C[C@H](NC(=O)c2cnc[nH]c2=O)[C@@H](C(C)C)C1.Cl. The van der Waals surface area contributed by atoms with Crippen molar-refractivity contribution in [3.63, 3.8) is 0 Å². The molecule has 2 rings (SSSR count). The molecule has 0 spiro atoms. The maximum atomic E-state index is 12.4. The van der Waals surface area contributed by atoms with Gasteiger partial charge in [-0.15, -0.1) is 12.4 Å². The van der Waals surface area contributed by atoms with Crippen LogP contribution in [-0.2, 0) is 0 Å². The number of hydrogen-bond acceptors (Lipinski definition) is 4. The molecule has 1 aliphatic heterocycles. The van der Waals surface area contributed by atoms with Crippen molar-refractivity contribution in [1.82, 2.24) is 20.2 Å². The largest absolute Gasteiger partial charge is 0.347 e. The van der Waals surface area contributed by atoms with E-state index in [4.69, 9.17) is 0 Å². The first-order valence-corrected chi connectivity index (χ1v) is 9.13. The Morgan fingerprint density at radius 1 is 1.46 bits per heavy atom. The molecule has 1 fully saturated rings. The minimum absolute atomic E-state index is 0. The van der Waals surface area contributed by atoms with Crippen molar-refractivity contribution in [2.24, 2.45) is 11.8 Å². The number of aromatic amines is 1. The van der Waals surface area contributed by atoms with E-state index < -0.39 is 5.56 Å². The number of amides is 1. The second kappa shape index (κ2) is 10.5. The quantitative estimate of drug-likeness (QED) is 0.710. The third kappa shape index (κ3) is 5.95. The first-order valence-electron chi connectivity index (χ1n) is 9.13. The van der Waals surface area contributed by atoms with Crippen LogP contribution in [-0.4, -0.2) is 46.5 Å². The van der Waals surface area contributed by atoms with Gasteiger partial charge in [-0.25, -0.2) is 4.98 Å². The van der Waals surface area contributed by atoms with Gasteiger partial charge in [0.2, 0.25) is 0 Å². The molecular weight excluding hydrogens is 352 g/mol. The van der Waals surface area contributed by atoms with E-state index in [1.54, 1.807) is 0 Å². The first-order chi connectivity index (χ1) is 11.9. The number of hydrogen-bond donors (Lipinski definition) is 2. The molecule has 1 saturated heterocycles. The molecular formula is C19H31ClN4O2. The van der Waals surface area contributed by atoms with Crippen LogP contribution in [0.4, 0.5) is 0 Å². The zero-order chi connectivity index (χ0) is 18.4. The minimum Gasteiger partial charge on any atom is -0.347 e. The van der Waals surface area contributed by atoms with Crippen molar-refractivity contribution in [2.45, 2.75) is 46.6 Å². The average molecular weight is 383 g/mol. The highest BCUT2D eigenvalue weighted by molar-refractivity contribution is 5.93. The van der Waals surface area contributed by atoms with Gasteiger partial charge in [-0.1, -0.05) is 32.4 Å². The van der Waals surface area contributed by atoms with E-state index in [2.05, 4.69) is 54.0 Å². The van der Waals surface area contributed by atoms with Crippen LogP contribution in [0.1, 0.15) is 50.9 Å². The van der Waals surface area contributed by atoms with Gasteiger partial charge in [0.15, 0.2) is 0 Å². The molecule has 0 unspecified atom stereocenters. The number of H-pyrrole nitrogens is 1. The zero-order valence-corrected chi connectivity index (χ0v) is 16.9. The molecule has 2 heterocycles. The Hall–Kier alpha value is -1.66. The van der Waals surface area contributed by atoms with Gasteiger partial charge < -0.3 is 15.2 Å². The fraction of sp³-hybridized carbons (Fsp3) is 0.632. The van der Waals surface area contributed by atoms with Crippen LogP contribution >= 0.6 is 12.4 Å². The van der Waals surface area contributed by atoms with Gasteiger partial charge in [0, 0.05) is 31.9 Å². The molecule has 1 aromatic heterocycles. The monoisotopic (exact) mass is 382 g/mol. The number of carbonyl (C=O) groups is 1. The van der Waals surface area contributed by atoms with E-state index in [0.717, 1.165) is 32.5 Å². The highest BCUT2D eigenvalue weighted by Crippen LogP contribution is 2.25. The van der Waals surface area contributed by atoms with Crippen molar-refractivity contribution in [2.75, 3.05) is 19.6 Å². The van der Waals surface area contributed by atoms with Gasteiger partial charge in [0.1, 0.15) is 5.56 Å². The Morgan fingerprint density at radius 3 is 2.81 bits per heavy atom. The van der Waals surface area contributed by atoms with E-state index in [0.29, 0.717) is 11.8 Å². The molecule has 26 heavy (non-hydrogen) atoms. The topological polar surface area (TPSA) is 78.1 Å². The Morgan fingerprint density at radius 2 is 2.19 bits per heavy atom. The van der Waals surface area contributed by atoms with Crippen LogP contribution < -0.4 is 10.9 Å². The smallest absolute Gasteiger partial charge is 0.263 e. The number of likely N-dealkylation sites (tertiary alicyclic amines) is 1. The third-order valence-corrected chi connectivity index (χ3v) is 5.07. The fourth-order valence-electron chi connectivity index (χ4n) is 3.31. The van der Waals surface area contributed by atoms with Crippen molar-refractivity contribution < 1.29 is 4.79 Å². The standard InChI is InChI=1S/C19H30N4O2.ClH/c1-5-14(4)7-6-8-23-10-16(13(2)3)17(11-23)22-19(25)15-9-20-12-21-18(15)24;/h7,9,12-13,16-17H,5-6,8,10-11H2,1-4H3,(H,22,25)(H,20,21,24);1H/b14-7+;/t16-,17+;/m1./s1. The number of halogens is 1. The summed E-state index contributed by atoms with van der Waals surface area (Å²) in [6.07, 6.45) is 7.04. The van der Waals surface area contributed by atoms with Crippen molar-refractivity contribution in [3.05, 3.63) is 40.1 Å². The Bertz CT molecular complexity index is 672. The van der Waals surface area contributed by atoms with Gasteiger partial charge in [-0.2, -0.15) is 0 Å². The summed E-state index contributed by atoms with van der Waals surface area (Å²) in [7, 11) is 0. The summed E-state index contributed by atoms with van der Waals surface area (Å²) in [6, 6.07) is 0.0587. The molecule has 0 radical (unpaired) electrons. The fourth-order valence-corrected chi connectivity index (χ4v) is 3.31. The van der Waals surface area contributed by atoms with Gasteiger partial charge in [0.25, 0.3) is 11.5 Å². The Balaban J connectivity index is 0.00000338. The summed E-state index contributed by atoms with van der Waals surface area (Å²) >= 11 is 0. The van der Waals surface area contributed by atoms with Gasteiger partial charge in [-0.05, 0) is 31.6 Å². The summed E-state index contributed by atoms with van der Waals surface area (Å²) in [4.78, 5) is 32.9. The Labute approximate surface area is 161 Å². The summed E-state index contributed by atoms with van der Waals surface area (Å²) in [6.45, 7) is 11.5. The van der Waals surface area contributed by atoms with Crippen molar-refractivity contribution in [1.29, 1.82) is 0 Å². The molecule has 0 saturated carbocycles. The van der Waals surface area contributed by atoms with E-state index in [9.17, 15) is 9.59 Å². The highest BCUT2D eigenvalue weighted by atomic mass is 35.5. The number of aromatic nitrogens is 2. The molecule has 6 nitrogen and oxygen atoms in total. The van der Waals surface area contributed by atoms with Crippen LogP contribution in [0.15, 0.2) is 29.0 Å². The lowest BCUT2D eigenvalue weighted by Crippen LogP contribution is -2.43. The molecule has 0 bridgehead atoms. The molecule has 1 aliphatic rings. The summed E-state index contributed by atoms with van der Waals surface area (Å²) in [5.74, 6) is 0.514. The third-order valence-electron chi connectivity index (χ3n) is 5.07. The van der Waals surface area contributed by atoms with Gasteiger partial charge in [-0.3, -0.25) is 9.59 Å². The van der Waals surface area contributed by atoms with E-state index in [1.807, 2.05) is 0 Å². The normalized spacial score (nSPS) is 20.9. The lowest BCUT2D eigenvalue weighted by Gasteiger charge is -2.22. The molecule has 7 heteroatoms.